The van der Waals surface area contributed by atoms with E-state index in [1.165, 1.54) is 6.92 Å². The van der Waals surface area contributed by atoms with Crippen LogP contribution in [0.2, 0.25) is 0 Å². The fourth-order valence-corrected chi connectivity index (χ4v) is 0.703. The van der Waals surface area contributed by atoms with Gasteiger partial charge in [0, 0.05) is 20.6 Å². The predicted molar refractivity (Wildman–Crippen MR) is 57.8 cm³/mol. The molecule has 0 heterocycles. The first-order valence-corrected chi connectivity index (χ1v) is 3.85. The highest BCUT2D eigenvalue weighted by Gasteiger charge is 2.10. The Morgan fingerprint density at radius 3 is 2.15 bits per heavy atom. The van der Waals surface area contributed by atoms with E-state index in [1.54, 1.807) is 7.11 Å². The van der Waals surface area contributed by atoms with Gasteiger partial charge in [-0.2, -0.15) is 0 Å². The molecule has 0 bridgehead atoms. The lowest BCUT2D eigenvalue weighted by Gasteiger charge is -2.17. The number of methoxy groups -OCH3 is 1. The number of carbonyl (C=O) groups excluding carboxylic acids is 1. The van der Waals surface area contributed by atoms with Gasteiger partial charge in [-0.05, 0) is 12.8 Å². The molecule has 0 aromatic rings. The Labute approximate surface area is 82.9 Å². The van der Waals surface area contributed by atoms with Crippen LogP contribution in [0.15, 0.2) is 0 Å². The number of nitrogens with one attached hydrogen (secondary N) is 1. The van der Waals surface area contributed by atoms with Crippen molar-refractivity contribution < 1.29 is 9.53 Å². The maximum atomic E-state index is 10.5. The first-order valence-electron chi connectivity index (χ1n) is 3.85. The molecule has 2 unspecified atom stereocenters. The largest absolute Gasteiger partial charge is 0.381 e. The summed E-state index contributed by atoms with van der Waals surface area (Å²) in [5.74, 6) is 0.379. The summed E-state index contributed by atoms with van der Waals surface area (Å²) in [5.41, 5.74) is 0. The van der Waals surface area contributed by atoms with Crippen molar-refractivity contribution in [1.29, 1.82) is 0 Å². The van der Waals surface area contributed by atoms with Gasteiger partial charge >= 0.3 is 0 Å². The molecule has 3 nitrogen and oxygen atoms in total. The Morgan fingerprint density at radius 2 is 1.85 bits per heavy atom. The molecule has 3 heteroatoms. The Kier molecular flexibility index (Phi) is 13.4. The van der Waals surface area contributed by atoms with Crippen LogP contribution in [0.1, 0.15) is 35.6 Å². The van der Waals surface area contributed by atoms with E-state index in [-0.39, 0.29) is 26.9 Å². The van der Waals surface area contributed by atoms with Crippen LogP contribution in [0.4, 0.5) is 0 Å². The molecule has 13 heavy (non-hydrogen) atoms. The first kappa shape index (κ1) is 18.3. The van der Waals surface area contributed by atoms with Gasteiger partial charge in [-0.15, -0.1) is 0 Å². The normalized spacial score (nSPS) is 13.2. The van der Waals surface area contributed by atoms with Gasteiger partial charge in [0.25, 0.3) is 0 Å². The van der Waals surface area contributed by atoms with E-state index in [9.17, 15) is 4.79 Å². The molecule has 0 spiro atoms. The fraction of sp³-hybridized carbons (Fsp3) is 0.900. The van der Waals surface area contributed by atoms with E-state index >= 15 is 0 Å². The van der Waals surface area contributed by atoms with Crippen LogP contribution in [-0.2, 0) is 9.53 Å². The number of hydrogen-bond acceptors (Lipinski definition) is 2. The summed E-state index contributed by atoms with van der Waals surface area (Å²) in [7, 11) is 1.68. The molecule has 1 amide bonds. The van der Waals surface area contributed by atoms with Crippen LogP contribution in [0.25, 0.3) is 0 Å². The Balaban J connectivity index is -0.000000500. The zero-order valence-electron chi connectivity index (χ0n) is 7.68. The minimum Gasteiger partial charge on any atom is -0.381 e. The second kappa shape index (κ2) is 9.52. The molecule has 0 aromatic carbocycles. The van der Waals surface area contributed by atoms with Gasteiger partial charge in [-0.1, -0.05) is 21.8 Å². The SMILES string of the molecule is C.C.COC(C)C(C)CNC(C)=O. The molecule has 0 aliphatic carbocycles. The van der Waals surface area contributed by atoms with Gasteiger partial charge in [-0.3, -0.25) is 4.79 Å². The highest BCUT2D eigenvalue weighted by molar-refractivity contribution is 5.72. The van der Waals surface area contributed by atoms with E-state index in [2.05, 4.69) is 5.32 Å². The van der Waals surface area contributed by atoms with Crippen LogP contribution < -0.4 is 5.32 Å². The van der Waals surface area contributed by atoms with E-state index in [4.69, 9.17) is 4.74 Å². The second-order valence-electron chi connectivity index (χ2n) is 2.86. The molecule has 0 rings (SSSR count). The van der Waals surface area contributed by atoms with Gasteiger partial charge in [0.1, 0.15) is 0 Å². The molecule has 2 atom stereocenters. The standard InChI is InChI=1S/C8H17NO2.2CH4/c1-6(7(2)11-4)5-9-8(3)10;;/h6-7H,5H2,1-4H3,(H,9,10);2*1H4. The number of amides is 1. The molecular formula is C10H25NO2. The smallest absolute Gasteiger partial charge is 0.216 e. The highest BCUT2D eigenvalue weighted by Crippen LogP contribution is 2.03. The molecule has 0 saturated carbocycles. The topological polar surface area (TPSA) is 38.3 Å². The lowest BCUT2D eigenvalue weighted by Crippen LogP contribution is -2.31. The van der Waals surface area contributed by atoms with E-state index < -0.39 is 0 Å². The van der Waals surface area contributed by atoms with Crippen molar-refractivity contribution in [1.82, 2.24) is 5.32 Å². The molecule has 0 aliphatic heterocycles. The Morgan fingerprint density at radius 1 is 1.38 bits per heavy atom. The van der Waals surface area contributed by atoms with Crippen molar-refractivity contribution >= 4 is 5.91 Å². The fourth-order valence-electron chi connectivity index (χ4n) is 0.703. The summed E-state index contributed by atoms with van der Waals surface area (Å²) < 4.78 is 5.09. The van der Waals surface area contributed by atoms with Crippen molar-refractivity contribution in [3.05, 3.63) is 0 Å². The van der Waals surface area contributed by atoms with Crippen LogP contribution in [0.5, 0.6) is 0 Å². The zero-order chi connectivity index (χ0) is 8.85. The third-order valence-corrected chi connectivity index (χ3v) is 1.85. The summed E-state index contributed by atoms with van der Waals surface area (Å²) in [6, 6.07) is 0. The summed E-state index contributed by atoms with van der Waals surface area (Å²) in [4.78, 5) is 10.5. The molecule has 0 aliphatic rings. The number of carbonyl (C=O) groups is 1. The number of hydrogen-bond donors (Lipinski definition) is 1. The summed E-state index contributed by atoms with van der Waals surface area (Å²) in [6.45, 7) is 6.24. The van der Waals surface area contributed by atoms with Crippen molar-refractivity contribution in [2.75, 3.05) is 13.7 Å². The quantitative estimate of drug-likeness (QED) is 0.738. The van der Waals surface area contributed by atoms with Crippen LogP contribution in [0.3, 0.4) is 0 Å². The number of rotatable bonds is 4. The van der Waals surface area contributed by atoms with Crippen LogP contribution in [-0.4, -0.2) is 25.7 Å². The van der Waals surface area contributed by atoms with Crippen molar-refractivity contribution in [3.63, 3.8) is 0 Å². The average Bonchev–Trinajstić information content (AvgIpc) is 1.98. The zero-order valence-corrected chi connectivity index (χ0v) is 7.68. The minimum atomic E-state index is 0. The molecule has 0 radical (unpaired) electrons. The molecule has 1 N–H and O–H groups in total. The van der Waals surface area contributed by atoms with Crippen molar-refractivity contribution in [2.45, 2.75) is 41.7 Å². The summed E-state index contributed by atoms with van der Waals surface area (Å²) in [5, 5.41) is 2.74. The lowest BCUT2D eigenvalue weighted by atomic mass is 10.1. The van der Waals surface area contributed by atoms with Crippen LogP contribution in [0, 0.1) is 5.92 Å². The summed E-state index contributed by atoms with van der Waals surface area (Å²) in [6.07, 6.45) is 0.196. The second-order valence-corrected chi connectivity index (χ2v) is 2.86. The van der Waals surface area contributed by atoms with Gasteiger partial charge in [0.15, 0.2) is 0 Å². The van der Waals surface area contributed by atoms with Gasteiger partial charge in [-0.25, -0.2) is 0 Å². The van der Waals surface area contributed by atoms with Crippen LogP contribution >= 0.6 is 0 Å². The molecule has 0 saturated heterocycles. The molecule has 0 fully saturated rings. The maximum absolute atomic E-state index is 10.5. The highest BCUT2D eigenvalue weighted by atomic mass is 16.5. The summed E-state index contributed by atoms with van der Waals surface area (Å²) >= 11 is 0. The van der Waals surface area contributed by atoms with Gasteiger partial charge in [0.2, 0.25) is 5.91 Å². The van der Waals surface area contributed by atoms with E-state index in [0.717, 1.165) is 0 Å². The Hall–Kier alpha value is -0.570. The lowest BCUT2D eigenvalue weighted by molar-refractivity contribution is -0.119. The number of ether oxygens (including phenoxy) is 1. The van der Waals surface area contributed by atoms with Gasteiger partial charge < -0.3 is 10.1 Å². The van der Waals surface area contributed by atoms with E-state index in [1.807, 2.05) is 13.8 Å². The third-order valence-electron chi connectivity index (χ3n) is 1.85. The molecule has 0 aromatic heterocycles. The maximum Gasteiger partial charge on any atom is 0.216 e. The van der Waals surface area contributed by atoms with E-state index in [0.29, 0.717) is 12.5 Å². The molecule has 82 valence electrons. The van der Waals surface area contributed by atoms with Crippen molar-refractivity contribution in [3.8, 4) is 0 Å². The Bertz CT molecular complexity index is 126. The first-order chi connectivity index (χ1) is 5.07. The van der Waals surface area contributed by atoms with Crippen molar-refractivity contribution in [2.24, 2.45) is 5.92 Å². The minimum absolute atomic E-state index is 0. The predicted octanol–water partition coefficient (Wildman–Crippen LogP) is 2.07. The van der Waals surface area contributed by atoms with Gasteiger partial charge in [0.05, 0.1) is 6.10 Å². The molecular weight excluding hydrogens is 166 g/mol. The average molecular weight is 191 g/mol. The third kappa shape index (κ3) is 9.34. The monoisotopic (exact) mass is 191 g/mol.